The van der Waals surface area contributed by atoms with Crippen LogP contribution in [0.15, 0.2) is 91.0 Å². The van der Waals surface area contributed by atoms with Gasteiger partial charge in [-0.05, 0) is 0 Å². The monoisotopic (exact) mass is 359 g/mol. The van der Waals surface area contributed by atoms with Gasteiger partial charge in [-0.2, -0.15) is 0 Å². The molecule has 0 aromatic heterocycles. The summed E-state index contributed by atoms with van der Waals surface area (Å²) in [6.45, 7) is 0. The Balaban J connectivity index is 2.28. The van der Waals surface area contributed by atoms with Crippen LogP contribution in [0.3, 0.4) is 0 Å². The summed E-state index contributed by atoms with van der Waals surface area (Å²) in [4.78, 5) is 0. The molecule has 23 heavy (non-hydrogen) atoms. The Morgan fingerprint density at radius 2 is 0.957 bits per heavy atom. The number of nitriles is 1. The van der Waals surface area contributed by atoms with Gasteiger partial charge in [0, 0.05) is 0 Å². The zero-order valence-electron chi connectivity index (χ0n) is 13.0. The third-order valence-electron chi connectivity index (χ3n) is 4.41. The van der Waals surface area contributed by atoms with Gasteiger partial charge in [0.15, 0.2) is 0 Å². The van der Waals surface area contributed by atoms with Crippen molar-refractivity contribution in [3.63, 3.8) is 0 Å². The van der Waals surface area contributed by atoms with Crippen molar-refractivity contribution in [2.45, 2.75) is 11.7 Å². The fourth-order valence-electron chi connectivity index (χ4n) is 3.34. The van der Waals surface area contributed by atoms with Crippen LogP contribution in [0.25, 0.3) is 0 Å². The van der Waals surface area contributed by atoms with Gasteiger partial charge in [0.25, 0.3) is 0 Å². The molecule has 0 saturated carbocycles. The van der Waals surface area contributed by atoms with E-state index in [9.17, 15) is 5.26 Å². The molecule has 0 amide bonds. The average molecular weight is 358 g/mol. The first kappa shape index (κ1) is 15.6. The zero-order valence-corrected chi connectivity index (χ0v) is 15.1. The third-order valence-corrected chi connectivity index (χ3v) is 14.8. The van der Waals surface area contributed by atoms with E-state index in [0.29, 0.717) is 6.42 Å². The minimum absolute atomic E-state index is 0.596. The molecule has 112 valence electrons. The summed E-state index contributed by atoms with van der Waals surface area (Å²) in [6.07, 6.45) is 0.596. The van der Waals surface area contributed by atoms with Crippen molar-refractivity contribution in [3.8, 4) is 6.07 Å². The van der Waals surface area contributed by atoms with Gasteiger partial charge in [-0.25, -0.2) is 0 Å². The van der Waals surface area contributed by atoms with Crippen LogP contribution >= 0.6 is 0 Å². The number of hydrogen-bond donors (Lipinski definition) is 0. The van der Waals surface area contributed by atoms with E-state index < -0.39 is 13.3 Å². The molecule has 0 saturated heterocycles. The molecule has 3 aromatic carbocycles. The molecule has 0 radical (unpaired) electrons. The zero-order chi connectivity index (χ0) is 16.0. The predicted molar refractivity (Wildman–Crippen MR) is 99.0 cm³/mol. The Hall–Kier alpha value is -2.31. The van der Waals surface area contributed by atoms with Crippen LogP contribution in [0.4, 0.5) is 0 Å². The number of benzene rings is 3. The Kier molecular flexibility index (Phi) is 4.95. The Morgan fingerprint density at radius 3 is 1.26 bits per heavy atom. The number of hydrogen-bond acceptors (Lipinski definition) is 1. The molecule has 1 nitrogen and oxygen atoms in total. The van der Waals surface area contributed by atoms with Crippen LogP contribution in [0, 0.1) is 11.3 Å². The van der Waals surface area contributed by atoms with Crippen LogP contribution in [0.1, 0.15) is 6.42 Å². The summed E-state index contributed by atoms with van der Waals surface area (Å²) in [5, 5.41) is 10.2. The summed E-state index contributed by atoms with van der Waals surface area (Å²) < 4.78 is 4.25. The van der Waals surface area contributed by atoms with Crippen LogP contribution in [0.2, 0.25) is 5.25 Å². The van der Waals surface area contributed by atoms with E-state index in [4.69, 9.17) is 0 Å². The van der Waals surface area contributed by atoms with Crippen molar-refractivity contribution in [2.24, 2.45) is 0 Å². The second kappa shape index (κ2) is 7.30. The van der Waals surface area contributed by atoms with E-state index in [-0.39, 0.29) is 0 Å². The summed E-state index contributed by atoms with van der Waals surface area (Å²) in [5.41, 5.74) is 0. The molecule has 0 aliphatic heterocycles. The van der Waals surface area contributed by atoms with Crippen molar-refractivity contribution in [2.75, 3.05) is 0 Å². The van der Waals surface area contributed by atoms with E-state index in [0.717, 1.165) is 5.25 Å². The standard InChI is InChI=1S/C21H19GeN/c23-18-10-17-22(19-11-4-1-5-12-19,20-13-6-2-7-14-20)21-15-8-3-9-16-21/h1-9,11-16H,10,17H2. The first-order valence-corrected chi connectivity index (χ1v) is 12.5. The molecule has 0 aliphatic carbocycles. The molecule has 3 rings (SSSR count). The van der Waals surface area contributed by atoms with E-state index in [2.05, 4.69) is 97.1 Å². The van der Waals surface area contributed by atoms with Gasteiger partial charge < -0.3 is 0 Å². The molecule has 0 atom stereocenters. The van der Waals surface area contributed by atoms with E-state index in [1.165, 1.54) is 13.2 Å². The molecule has 0 bridgehead atoms. The van der Waals surface area contributed by atoms with Crippen molar-refractivity contribution in [3.05, 3.63) is 91.0 Å². The Bertz CT molecular complexity index is 680. The van der Waals surface area contributed by atoms with Gasteiger partial charge in [0.2, 0.25) is 0 Å². The predicted octanol–water partition coefficient (Wildman–Crippen LogP) is 3.07. The first-order chi connectivity index (χ1) is 11.4. The summed E-state index contributed by atoms with van der Waals surface area (Å²) in [7, 11) is 0. The van der Waals surface area contributed by atoms with Gasteiger partial charge in [-0.3, -0.25) is 0 Å². The maximum atomic E-state index is 9.25. The molecule has 0 unspecified atom stereocenters. The van der Waals surface area contributed by atoms with Crippen molar-refractivity contribution in [1.82, 2.24) is 0 Å². The molecule has 3 aromatic rings. The van der Waals surface area contributed by atoms with Gasteiger partial charge in [0.05, 0.1) is 0 Å². The SMILES string of the molecule is N#CC[CH2][Ge]([c]1ccccc1)([c]1ccccc1)[c]1ccccc1. The van der Waals surface area contributed by atoms with Gasteiger partial charge >= 0.3 is 140 Å². The van der Waals surface area contributed by atoms with E-state index in [1.807, 2.05) is 0 Å². The first-order valence-electron chi connectivity index (χ1n) is 7.91. The second-order valence-corrected chi connectivity index (χ2v) is 14.1. The van der Waals surface area contributed by atoms with Gasteiger partial charge in [0.1, 0.15) is 0 Å². The van der Waals surface area contributed by atoms with Crippen LogP contribution in [-0.2, 0) is 0 Å². The third kappa shape index (κ3) is 3.09. The fraction of sp³-hybridized carbons (Fsp3) is 0.0952. The van der Waals surface area contributed by atoms with Gasteiger partial charge in [-0.1, -0.05) is 0 Å². The number of nitrogens with zero attached hydrogens (tertiary/aromatic N) is 1. The Labute approximate surface area is 140 Å². The molecular weight excluding hydrogens is 339 g/mol. The average Bonchev–Trinajstić information content (AvgIpc) is 2.65. The molecule has 0 N–H and O–H groups in total. The van der Waals surface area contributed by atoms with Gasteiger partial charge in [-0.15, -0.1) is 0 Å². The molecule has 0 spiro atoms. The van der Waals surface area contributed by atoms with Crippen LogP contribution in [-0.4, -0.2) is 13.3 Å². The van der Waals surface area contributed by atoms with E-state index in [1.54, 1.807) is 0 Å². The topological polar surface area (TPSA) is 23.8 Å². The minimum atomic E-state index is -2.82. The number of rotatable bonds is 5. The van der Waals surface area contributed by atoms with Crippen LogP contribution < -0.4 is 13.2 Å². The molecular formula is C21H19GeN. The molecule has 2 heteroatoms. The van der Waals surface area contributed by atoms with Crippen molar-refractivity contribution < 1.29 is 0 Å². The van der Waals surface area contributed by atoms with Crippen LogP contribution in [0.5, 0.6) is 0 Å². The molecule has 0 aliphatic rings. The summed E-state index contributed by atoms with van der Waals surface area (Å²) in [5.74, 6) is 0. The Morgan fingerprint density at radius 1 is 0.609 bits per heavy atom. The normalized spacial score (nSPS) is 10.9. The van der Waals surface area contributed by atoms with Crippen molar-refractivity contribution in [1.29, 1.82) is 5.26 Å². The molecule has 0 fully saturated rings. The maximum absolute atomic E-state index is 9.25. The fourth-order valence-corrected chi connectivity index (χ4v) is 13.1. The second-order valence-electron chi connectivity index (χ2n) is 5.66. The quantitative estimate of drug-likeness (QED) is 0.644. The summed E-state index contributed by atoms with van der Waals surface area (Å²) in [6, 6.07) is 34.8. The molecule has 0 heterocycles. The summed E-state index contributed by atoms with van der Waals surface area (Å²) >= 11 is -2.82. The van der Waals surface area contributed by atoms with E-state index >= 15 is 0 Å². The van der Waals surface area contributed by atoms with Crippen molar-refractivity contribution >= 4 is 26.5 Å².